The molecule has 0 aliphatic heterocycles. The highest BCUT2D eigenvalue weighted by molar-refractivity contribution is 5.79. The number of carboxylic acids is 1. The second-order valence-corrected chi connectivity index (χ2v) is 3.36. The number of carbonyl (C=O) groups excluding carboxylic acids is 1. The molecular formula is C10H18O4. The van der Waals surface area contributed by atoms with Gasteiger partial charge in [0.1, 0.15) is 6.61 Å². The van der Waals surface area contributed by atoms with Crippen LogP contribution in [0.5, 0.6) is 0 Å². The van der Waals surface area contributed by atoms with Crippen LogP contribution in [0.2, 0.25) is 0 Å². The minimum Gasteiger partial charge on any atom is -0.481 e. The van der Waals surface area contributed by atoms with Crippen molar-refractivity contribution < 1.29 is 19.8 Å². The molecule has 0 saturated heterocycles. The highest BCUT2D eigenvalue weighted by Crippen LogP contribution is 2.07. The Morgan fingerprint density at radius 2 is 1.36 bits per heavy atom. The van der Waals surface area contributed by atoms with E-state index in [2.05, 4.69) is 0 Å². The number of ketones is 1. The fourth-order valence-electron chi connectivity index (χ4n) is 1.21. The average Bonchev–Trinajstić information content (AvgIpc) is 2.15. The summed E-state index contributed by atoms with van der Waals surface area (Å²) in [7, 11) is 0. The van der Waals surface area contributed by atoms with Gasteiger partial charge in [0.05, 0.1) is 0 Å². The molecule has 0 fully saturated rings. The predicted octanol–water partition coefficient (Wildman–Crippen LogP) is 1.36. The topological polar surface area (TPSA) is 74.6 Å². The highest BCUT2D eigenvalue weighted by Gasteiger charge is 1.99. The Balaban J connectivity index is 3.06. The molecule has 0 rings (SSSR count). The van der Waals surface area contributed by atoms with E-state index in [1.807, 2.05) is 0 Å². The zero-order valence-corrected chi connectivity index (χ0v) is 8.37. The number of aliphatic hydroxyl groups is 1. The fourth-order valence-corrected chi connectivity index (χ4v) is 1.21. The Labute approximate surface area is 83.9 Å². The first-order valence-electron chi connectivity index (χ1n) is 5.01. The molecular weight excluding hydrogens is 184 g/mol. The van der Waals surface area contributed by atoms with Crippen molar-refractivity contribution in [3.05, 3.63) is 0 Å². The number of aliphatic hydroxyl groups excluding tert-OH is 1. The van der Waals surface area contributed by atoms with Crippen LogP contribution in [0.1, 0.15) is 44.9 Å². The number of aliphatic carboxylic acids is 1. The summed E-state index contributed by atoms with van der Waals surface area (Å²) in [4.78, 5) is 20.8. The third-order valence-corrected chi connectivity index (χ3v) is 2.02. The van der Waals surface area contributed by atoms with Gasteiger partial charge in [-0.1, -0.05) is 19.3 Å². The average molecular weight is 202 g/mol. The normalized spacial score (nSPS) is 10.1. The SMILES string of the molecule is O=C(O)CCCCCCCC(=O)CO. The number of Topliss-reactive ketones (excluding diaryl/α,β-unsaturated/α-hetero) is 1. The number of carbonyl (C=O) groups is 2. The first-order valence-corrected chi connectivity index (χ1v) is 5.01. The first kappa shape index (κ1) is 13.1. The number of hydrogen-bond donors (Lipinski definition) is 2. The van der Waals surface area contributed by atoms with E-state index in [0.29, 0.717) is 12.8 Å². The van der Waals surface area contributed by atoms with Crippen LogP contribution < -0.4 is 0 Å². The van der Waals surface area contributed by atoms with E-state index < -0.39 is 5.97 Å². The Morgan fingerprint density at radius 1 is 0.857 bits per heavy atom. The van der Waals surface area contributed by atoms with Gasteiger partial charge >= 0.3 is 5.97 Å². The predicted molar refractivity (Wildman–Crippen MR) is 52.0 cm³/mol. The van der Waals surface area contributed by atoms with Crippen molar-refractivity contribution in [3.8, 4) is 0 Å². The van der Waals surface area contributed by atoms with Crippen LogP contribution in [-0.4, -0.2) is 28.6 Å². The zero-order chi connectivity index (χ0) is 10.8. The molecule has 0 radical (unpaired) electrons. The zero-order valence-electron chi connectivity index (χ0n) is 8.37. The van der Waals surface area contributed by atoms with Crippen molar-refractivity contribution in [2.45, 2.75) is 44.9 Å². The second-order valence-electron chi connectivity index (χ2n) is 3.36. The van der Waals surface area contributed by atoms with Crippen molar-refractivity contribution in [3.63, 3.8) is 0 Å². The van der Waals surface area contributed by atoms with E-state index in [-0.39, 0.29) is 18.8 Å². The third kappa shape index (κ3) is 9.19. The molecule has 0 atom stereocenters. The maximum absolute atomic E-state index is 10.7. The van der Waals surface area contributed by atoms with E-state index in [9.17, 15) is 9.59 Å². The first-order chi connectivity index (χ1) is 6.66. The van der Waals surface area contributed by atoms with Crippen LogP contribution >= 0.6 is 0 Å². The summed E-state index contributed by atoms with van der Waals surface area (Å²) < 4.78 is 0. The summed E-state index contributed by atoms with van der Waals surface area (Å²) >= 11 is 0. The standard InChI is InChI=1S/C10H18O4/c11-8-9(12)6-4-2-1-3-5-7-10(13)14/h11H,1-8H2,(H,13,14). The molecule has 2 N–H and O–H groups in total. The van der Waals surface area contributed by atoms with Crippen molar-refractivity contribution in [1.29, 1.82) is 0 Å². The molecule has 0 amide bonds. The third-order valence-electron chi connectivity index (χ3n) is 2.02. The second kappa shape index (κ2) is 8.69. The van der Waals surface area contributed by atoms with Gasteiger partial charge in [-0.15, -0.1) is 0 Å². The number of carboxylic acid groups (broad SMARTS) is 1. The highest BCUT2D eigenvalue weighted by atomic mass is 16.4. The Kier molecular flexibility index (Phi) is 8.13. The molecule has 0 spiro atoms. The van der Waals surface area contributed by atoms with E-state index in [4.69, 9.17) is 10.2 Å². The van der Waals surface area contributed by atoms with Crippen LogP contribution in [0.15, 0.2) is 0 Å². The van der Waals surface area contributed by atoms with Crippen molar-refractivity contribution in [2.24, 2.45) is 0 Å². The van der Waals surface area contributed by atoms with E-state index in [0.717, 1.165) is 25.7 Å². The summed E-state index contributed by atoms with van der Waals surface area (Å²) in [5.41, 5.74) is 0. The lowest BCUT2D eigenvalue weighted by Crippen LogP contribution is -2.02. The summed E-state index contributed by atoms with van der Waals surface area (Å²) in [6, 6.07) is 0. The molecule has 4 nitrogen and oxygen atoms in total. The molecule has 0 aliphatic rings. The van der Waals surface area contributed by atoms with E-state index in [1.54, 1.807) is 0 Å². The maximum atomic E-state index is 10.7. The van der Waals surface area contributed by atoms with Gasteiger partial charge in [-0.05, 0) is 12.8 Å². The van der Waals surface area contributed by atoms with Crippen LogP contribution in [0.25, 0.3) is 0 Å². The molecule has 4 heteroatoms. The van der Waals surface area contributed by atoms with Crippen LogP contribution in [0.3, 0.4) is 0 Å². The minimum atomic E-state index is -0.750. The lowest BCUT2D eigenvalue weighted by molar-refractivity contribution is -0.137. The summed E-state index contributed by atoms with van der Waals surface area (Å²) in [6.45, 7) is -0.362. The minimum absolute atomic E-state index is 0.115. The molecule has 0 unspecified atom stereocenters. The molecule has 0 aromatic rings. The quantitative estimate of drug-likeness (QED) is 0.554. The van der Waals surface area contributed by atoms with Crippen LogP contribution in [0, 0.1) is 0 Å². The van der Waals surface area contributed by atoms with E-state index >= 15 is 0 Å². The summed E-state index contributed by atoms with van der Waals surface area (Å²) in [5, 5.41) is 16.8. The molecule has 0 aliphatic carbocycles. The lowest BCUT2D eigenvalue weighted by Gasteiger charge is -1.99. The van der Waals surface area contributed by atoms with Crippen LogP contribution in [-0.2, 0) is 9.59 Å². The monoisotopic (exact) mass is 202 g/mol. The van der Waals surface area contributed by atoms with Gasteiger partial charge in [-0.25, -0.2) is 0 Å². The Morgan fingerprint density at radius 3 is 1.86 bits per heavy atom. The lowest BCUT2D eigenvalue weighted by atomic mass is 10.1. The molecule has 0 aromatic heterocycles. The van der Waals surface area contributed by atoms with Crippen LogP contribution in [0.4, 0.5) is 0 Å². The Hall–Kier alpha value is -0.900. The fraction of sp³-hybridized carbons (Fsp3) is 0.800. The van der Waals surface area contributed by atoms with Gasteiger partial charge in [0, 0.05) is 12.8 Å². The van der Waals surface area contributed by atoms with Gasteiger partial charge in [0.15, 0.2) is 5.78 Å². The van der Waals surface area contributed by atoms with Crippen molar-refractivity contribution in [1.82, 2.24) is 0 Å². The van der Waals surface area contributed by atoms with Gasteiger partial charge in [-0.3, -0.25) is 9.59 Å². The Bertz CT molecular complexity index is 177. The van der Waals surface area contributed by atoms with Gasteiger partial charge < -0.3 is 10.2 Å². The smallest absolute Gasteiger partial charge is 0.303 e. The summed E-state index contributed by atoms with van der Waals surface area (Å²) in [6.07, 6.45) is 4.98. The molecule has 0 bridgehead atoms. The number of unbranched alkanes of at least 4 members (excludes halogenated alkanes) is 4. The molecule has 0 aromatic carbocycles. The molecule has 82 valence electrons. The number of hydrogen-bond acceptors (Lipinski definition) is 3. The van der Waals surface area contributed by atoms with Gasteiger partial charge in [0.2, 0.25) is 0 Å². The van der Waals surface area contributed by atoms with Gasteiger partial charge in [0.25, 0.3) is 0 Å². The van der Waals surface area contributed by atoms with Crippen molar-refractivity contribution >= 4 is 11.8 Å². The molecule has 0 heterocycles. The van der Waals surface area contributed by atoms with Crippen molar-refractivity contribution in [2.75, 3.05) is 6.61 Å². The van der Waals surface area contributed by atoms with Gasteiger partial charge in [-0.2, -0.15) is 0 Å². The molecule has 0 saturated carbocycles. The number of rotatable bonds is 9. The maximum Gasteiger partial charge on any atom is 0.303 e. The van der Waals surface area contributed by atoms with E-state index in [1.165, 1.54) is 0 Å². The molecule has 14 heavy (non-hydrogen) atoms. The largest absolute Gasteiger partial charge is 0.481 e. The summed E-state index contributed by atoms with van der Waals surface area (Å²) in [5.74, 6) is -0.865.